The summed E-state index contributed by atoms with van der Waals surface area (Å²) >= 11 is 0. The van der Waals surface area contributed by atoms with Crippen LogP contribution in [0.3, 0.4) is 0 Å². The standard InChI is InChI=1S/C40H27N3O2/c1-44-32-23-24-35-34(25-32)37-33(13-8-14-36(37)45-35)28-19-15-26(16-20-28)27-17-21-31(22-18-27)40-42-38(29-9-4-2-5-10-29)41-39(43-40)30-11-6-3-7-12-30/h2-25H,1H3. The molecule has 6 aromatic carbocycles. The summed E-state index contributed by atoms with van der Waals surface area (Å²) in [5, 5.41) is 2.13. The van der Waals surface area contributed by atoms with Crippen molar-refractivity contribution in [3.05, 3.63) is 146 Å². The highest BCUT2D eigenvalue weighted by atomic mass is 16.5. The molecular weight excluding hydrogens is 554 g/mol. The maximum atomic E-state index is 6.15. The van der Waals surface area contributed by atoms with Crippen molar-refractivity contribution in [3.63, 3.8) is 0 Å². The van der Waals surface area contributed by atoms with E-state index in [0.29, 0.717) is 17.5 Å². The SMILES string of the molecule is COc1ccc2oc3cccc(-c4ccc(-c5ccc(-c6nc(-c7ccccc7)nc(-c7ccccc7)n6)cc5)cc4)c3c2c1. The van der Waals surface area contributed by atoms with Crippen molar-refractivity contribution < 1.29 is 9.15 Å². The summed E-state index contributed by atoms with van der Waals surface area (Å²) < 4.78 is 11.6. The Balaban J connectivity index is 1.13. The Hall–Kier alpha value is -6.07. The zero-order chi connectivity index (χ0) is 30.2. The van der Waals surface area contributed by atoms with Crippen LogP contribution in [0.15, 0.2) is 150 Å². The van der Waals surface area contributed by atoms with Gasteiger partial charge in [-0.15, -0.1) is 0 Å². The zero-order valence-corrected chi connectivity index (χ0v) is 24.5. The molecule has 8 aromatic rings. The fourth-order valence-electron chi connectivity index (χ4n) is 5.77. The molecule has 0 fully saturated rings. The lowest BCUT2D eigenvalue weighted by Crippen LogP contribution is -2.00. The molecule has 5 heteroatoms. The van der Waals surface area contributed by atoms with Gasteiger partial charge in [0.2, 0.25) is 0 Å². The van der Waals surface area contributed by atoms with E-state index in [2.05, 4.69) is 54.6 Å². The molecule has 0 amide bonds. The number of hydrogen-bond acceptors (Lipinski definition) is 5. The van der Waals surface area contributed by atoms with Gasteiger partial charge in [0, 0.05) is 27.5 Å². The van der Waals surface area contributed by atoms with E-state index in [1.807, 2.05) is 91.0 Å². The topological polar surface area (TPSA) is 61.0 Å². The Morgan fingerprint density at radius 2 is 0.956 bits per heavy atom. The molecule has 5 nitrogen and oxygen atoms in total. The number of fused-ring (bicyclic) bond motifs is 3. The number of aromatic nitrogens is 3. The van der Waals surface area contributed by atoms with Crippen LogP contribution < -0.4 is 4.74 Å². The van der Waals surface area contributed by atoms with Gasteiger partial charge in [-0.2, -0.15) is 0 Å². The highest BCUT2D eigenvalue weighted by Gasteiger charge is 2.15. The van der Waals surface area contributed by atoms with Gasteiger partial charge in [-0.25, -0.2) is 15.0 Å². The predicted molar refractivity (Wildman–Crippen MR) is 181 cm³/mol. The van der Waals surface area contributed by atoms with Crippen molar-refractivity contribution in [2.24, 2.45) is 0 Å². The molecule has 45 heavy (non-hydrogen) atoms. The van der Waals surface area contributed by atoms with Gasteiger partial charge in [0.15, 0.2) is 17.5 Å². The molecule has 0 saturated heterocycles. The molecule has 0 unspecified atom stereocenters. The first-order valence-corrected chi connectivity index (χ1v) is 14.8. The van der Waals surface area contributed by atoms with Gasteiger partial charge in [0.25, 0.3) is 0 Å². The number of nitrogens with zero attached hydrogens (tertiary/aromatic N) is 3. The molecule has 0 saturated carbocycles. The molecule has 214 valence electrons. The van der Waals surface area contributed by atoms with Gasteiger partial charge in [-0.1, -0.05) is 121 Å². The van der Waals surface area contributed by atoms with Crippen LogP contribution in [0.4, 0.5) is 0 Å². The highest BCUT2D eigenvalue weighted by molar-refractivity contribution is 6.12. The largest absolute Gasteiger partial charge is 0.497 e. The van der Waals surface area contributed by atoms with E-state index >= 15 is 0 Å². The summed E-state index contributed by atoms with van der Waals surface area (Å²) in [6, 6.07) is 49.2. The first-order chi connectivity index (χ1) is 22.2. The van der Waals surface area contributed by atoms with Crippen LogP contribution in [-0.4, -0.2) is 22.1 Å². The summed E-state index contributed by atoms with van der Waals surface area (Å²) in [6.45, 7) is 0. The Bertz CT molecular complexity index is 2220. The molecule has 0 N–H and O–H groups in total. The smallest absolute Gasteiger partial charge is 0.164 e. The third-order valence-corrected chi connectivity index (χ3v) is 8.07. The minimum Gasteiger partial charge on any atom is -0.497 e. The molecule has 0 aliphatic rings. The second-order valence-corrected chi connectivity index (χ2v) is 10.8. The molecule has 2 aromatic heterocycles. The predicted octanol–water partition coefficient (Wildman–Crippen LogP) is 10.1. The number of ether oxygens (including phenoxy) is 1. The normalized spacial score (nSPS) is 11.2. The van der Waals surface area contributed by atoms with Crippen molar-refractivity contribution >= 4 is 21.9 Å². The average molecular weight is 582 g/mol. The highest BCUT2D eigenvalue weighted by Crippen LogP contribution is 2.38. The minimum atomic E-state index is 0.640. The number of benzene rings is 6. The van der Waals surface area contributed by atoms with Crippen LogP contribution in [0.2, 0.25) is 0 Å². The van der Waals surface area contributed by atoms with E-state index in [-0.39, 0.29) is 0 Å². The maximum absolute atomic E-state index is 6.15. The van der Waals surface area contributed by atoms with Crippen molar-refractivity contribution in [1.29, 1.82) is 0 Å². The summed E-state index contributed by atoms with van der Waals surface area (Å²) in [6.07, 6.45) is 0. The van der Waals surface area contributed by atoms with E-state index in [1.165, 1.54) is 0 Å². The molecule has 0 spiro atoms. The fraction of sp³-hybridized carbons (Fsp3) is 0.0250. The number of hydrogen-bond donors (Lipinski definition) is 0. The molecule has 0 aliphatic heterocycles. The van der Waals surface area contributed by atoms with Crippen LogP contribution in [-0.2, 0) is 0 Å². The summed E-state index contributed by atoms with van der Waals surface area (Å²) in [7, 11) is 1.68. The second-order valence-electron chi connectivity index (χ2n) is 10.8. The van der Waals surface area contributed by atoms with Gasteiger partial charge in [-0.3, -0.25) is 0 Å². The monoisotopic (exact) mass is 581 g/mol. The van der Waals surface area contributed by atoms with Crippen LogP contribution >= 0.6 is 0 Å². The van der Waals surface area contributed by atoms with Gasteiger partial charge in [0.1, 0.15) is 16.9 Å². The molecule has 8 rings (SSSR count). The Morgan fingerprint density at radius 1 is 0.444 bits per heavy atom. The number of methoxy groups -OCH3 is 1. The van der Waals surface area contributed by atoms with E-state index in [9.17, 15) is 0 Å². The Morgan fingerprint density at radius 3 is 1.51 bits per heavy atom. The minimum absolute atomic E-state index is 0.640. The van der Waals surface area contributed by atoms with Crippen molar-refractivity contribution in [2.75, 3.05) is 7.11 Å². The lowest BCUT2D eigenvalue weighted by atomic mass is 9.96. The van der Waals surface area contributed by atoms with Gasteiger partial charge in [0.05, 0.1) is 7.11 Å². The lowest BCUT2D eigenvalue weighted by Gasteiger charge is -2.09. The molecule has 0 bridgehead atoms. The van der Waals surface area contributed by atoms with Crippen molar-refractivity contribution in [2.45, 2.75) is 0 Å². The van der Waals surface area contributed by atoms with Crippen molar-refractivity contribution in [1.82, 2.24) is 15.0 Å². The number of furan rings is 1. The lowest BCUT2D eigenvalue weighted by molar-refractivity contribution is 0.415. The molecule has 0 radical (unpaired) electrons. The molecular formula is C40H27N3O2. The van der Waals surface area contributed by atoms with Gasteiger partial charge < -0.3 is 9.15 Å². The number of rotatable bonds is 6. The maximum Gasteiger partial charge on any atom is 0.164 e. The Labute approximate surface area is 260 Å². The molecule has 2 heterocycles. The van der Waals surface area contributed by atoms with Crippen LogP contribution in [0.25, 0.3) is 78.4 Å². The average Bonchev–Trinajstić information content (AvgIpc) is 3.50. The third kappa shape index (κ3) is 5.00. The fourth-order valence-corrected chi connectivity index (χ4v) is 5.77. The van der Waals surface area contributed by atoms with E-state index in [0.717, 1.165) is 66.6 Å². The van der Waals surface area contributed by atoms with Gasteiger partial charge >= 0.3 is 0 Å². The summed E-state index contributed by atoms with van der Waals surface area (Å²) in [5.74, 6) is 2.75. The van der Waals surface area contributed by atoms with E-state index in [1.54, 1.807) is 7.11 Å². The van der Waals surface area contributed by atoms with Crippen LogP contribution in [0, 0.1) is 0 Å². The summed E-state index contributed by atoms with van der Waals surface area (Å²) in [5.41, 5.74) is 9.03. The zero-order valence-electron chi connectivity index (χ0n) is 24.5. The van der Waals surface area contributed by atoms with Crippen molar-refractivity contribution in [3.8, 4) is 62.2 Å². The molecule has 0 aliphatic carbocycles. The quantitative estimate of drug-likeness (QED) is 0.196. The first kappa shape index (κ1) is 26.5. The van der Waals surface area contributed by atoms with E-state index < -0.39 is 0 Å². The second kappa shape index (κ2) is 11.2. The van der Waals surface area contributed by atoms with Gasteiger partial charge in [-0.05, 0) is 46.5 Å². The Kier molecular flexibility index (Phi) is 6.61. The van der Waals surface area contributed by atoms with Crippen LogP contribution in [0.5, 0.6) is 5.75 Å². The first-order valence-electron chi connectivity index (χ1n) is 14.8. The summed E-state index contributed by atoms with van der Waals surface area (Å²) in [4.78, 5) is 14.5. The van der Waals surface area contributed by atoms with Crippen LogP contribution in [0.1, 0.15) is 0 Å². The molecule has 0 atom stereocenters. The van der Waals surface area contributed by atoms with E-state index in [4.69, 9.17) is 24.1 Å². The third-order valence-electron chi connectivity index (χ3n) is 8.07.